The molecule has 172 valence electrons. The number of hydrogen-bond donors (Lipinski definition) is 2. The zero-order valence-electron chi connectivity index (χ0n) is 17.0. The summed E-state index contributed by atoms with van der Waals surface area (Å²) in [4.78, 5) is 20.9. The van der Waals surface area contributed by atoms with E-state index in [0.717, 1.165) is 17.7 Å². The Labute approximate surface area is 192 Å². The van der Waals surface area contributed by atoms with Gasteiger partial charge in [0.25, 0.3) is 5.91 Å². The lowest BCUT2D eigenvalue weighted by Gasteiger charge is -2.11. The summed E-state index contributed by atoms with van der Waals surface area (Å²) in [5, 5.41) is 5.48. The van der Waals surface area contributed by atoms with Gasteiger partial charge < -0.3 is 20.6 Å². The molecule has 1 heterocycles. The van der Waals surface area contributed by atoms with Crippen molar-refractivity contribution >= 4 is 29.0 Å². The number of carbonyl (C=O) groups is 1. The highest BCUT2D eigenvalue weighted by Crippen LogP contribution is 2.36. The molecule has 1 amide bonds. The van der Waals surface area contributed by atoms with Crippen LogP contribution in [0, 0.1) is 0 Å². The third kappa shape index (κ3) is 7.11. The van der Waals surface area contributed by atoms with Crippen molar-refractivity contribution in [3.63, 3.8) is 0 Å². The summed E-state index contributed by atoms with van der Waals surface area (Å²) in [5.74, 6) is -0.202. The molecule has 3 aromatic rings. The Kier molecular flexibility index (Phi) is 7.73. The highest BCUT2D eigenvalue weighted by Gasteiger charge is 2.33. The molecule has 2 aromatic carbocycles. The van der Waals surface area contributed by atoms with Gasteiger partial charge in [0.05, 0.1) is 10.6 Å². The number of carbonyl (C=O) groups excluding carboxylic acids is 1. The van der Waals surface area contributed by atoms with E-state index in [4.69, 9.17) is 26.9 Å². The quantitative estimate of drug-likeness (QED) is 0.280. The van der Waals surface area contributed by atoms with Gasteiger partial charge in [-0.25, -0.2) is 0 Å². The molecule has 0 aliphatic carbocycles. The van der Waals surface area contributed by atoms with E-state index in [0.29, 0.717) is 17.9 Å². The molecule has 33 heavy (non-hydrogen) atoms. The van der Waals surface area contributed by atoms with Gasteiger partial charge in [0.2, 0.25) is 0 Å². The van der Waals surface area contributed by atoms with Gasteiger partial charge in [0.1, 0.15) is 12.4 Å². The average Bonchev–Trinajstić information content (AvgIpc) is 2.79. The first-order chi connectivity index (χ1) is 15.7. The van der Waals surface area contributed by atoms with Crippen molar-refractivity contribution in [3.05, 3.63) is 88.7 Å². The number of nitrogens with one attached hydrogen (secondary N) is 1. The fourth-order valence-corrected chi connectivity index (χ4v) is 2.85. The van der Waals surface area contributed by atoms with E-state index in [-0.39, 0.29) is 11.5 Å². The zero-order valence-corrected chi connectivity index (χ0v) is 17.7. The van der Waals surface area contributed by atoms with E-state index < -0.39 is 29.3 Å². The van der Waals surface area contributed by atoms with E-state index in [9.17, 15) is 18.0 Å². The molecule has 7 nitrogen and oxygen atoms in total. The summed E-state index contributed by atoms with van der Waals surface area (Å²) in [7, 11) is 0. The van der Waals surface area contributed by atoms with Gasteiger partial charge in [-0.2, -0.15) is 13.2 Å². The number of alkyl halides is 3. The Morgan fingerprint density at radius 2 is 1.97 bits per heavy atom. The molecular weight excluding hydrogens is 461 g/mol. The number of rotatable bonds is 8. The van der Waals surface area contributed by atoms with E-state index >= 15 is 0 Å². The van der Waals surface area contributed by atoms with Gasteiger partial charge in [-0.15, -0.1) is 0 Å². The van der Waals surface area contributed by atoms with Crippen LogP contribution in [-0.2, 0) is 22.4 Å². The number of pyridine rings is 1. The summed E-state index contributed by atoms with van der Waals surface area (Å²) in [6, 6.07) is 13.5. The van der Waals surface area contributed by atoms with Crippen LogP contribution in [0.1, 0.15) is 16.7 Å². The number of anilines is 1. The smallest absolute Gasteiger partial charge is 0.417 e. The van der Waals surface area contributed by atoms with Gasteiger partial charge in [-0.3, -0.25) is 9.78 Å². The molecule has 0 saturated heterocycles. The second-order valence-corrected chi connectivity index (χ2v) is 7.08. The topological polar surface area (TPSA) is 98.8 Å². The number of aromatic nitrogens is 1. The largest absolute Gasteiger partial charge is 0.489 e. The Balaban J connectivity index is 1.54. The molecule has 3 N–H and O–H groups in total. The van der Waals surface area contributed by atoms with E-state index in [1.54, 1.807) is 42.7 Å². The first kappa shape index (κ1) is 23.9. The molecule has 1 aromatic heterocycles. The third-order valence-electron chi connectivity index (χ3n) is 4.17. The molecule has 0 atom stereocenters. The highest BCUT2D eigenvalue weighted by atomic mass is 35.5. The molecular formula is C22H18ClF3N4O3. The van der Waals surface area contributed by atoms with Crippen molar-refractivity contribution in [1.29, 1.82) is 0 Å². The van der Waals surface area contributed by atoms with Crippen LogP contribution in [0.5, 0.6) is 5.75 Å². The third-order valence-corrected chi connectivity index (χ3v) is 4.50. The SMILES string of the molecule is N/C(=N\OCC(=O)Nc1ccc(Cl)c(C(F)(F)F)c1)c1cccc(OCc2cccnc2)c1. The van der Waals surface area contributed by atoms with E-state index in [2.05, 4.69) is 15.5 Å². The lowest BCUT2D eigenvalue weighted by molar-refractivity contribution is -0.137. The maximum absolute atomic E-state index is 12.9. The van der Waals surface area contributed by atoms with Crippen LogP contribution >= 0.6 is 11.6 Å². The number of amides is 1. The minimum absolute atomic E-state index is 0.0134. The molecule has 3 rings (SSSR count). The van der Waals surface area contributed by atoms with Gasteiger partial charge in [-0.1, -0.05) is 35.0 Å². The number of ether oxygens (including phenoxy) is 1. The van der Waals surface area contributed by atoms with Crippen LogP contribution < -0.4 is 15.8 Å². The molecule has 0 saturated carbocycles. The van der Waals surface area contributed by atoms with E-state index in [1.165, 1.54) is 6.07 Å². The predicted molar refractivity (Wildman–Crippen MR) is 117 cm³/mol. The lowest BCUT2D eigenvalue weighted by atomic mass is 10.2. The molecule has 0 fully saturated rings. The molecule has 0 aliphatic rings. The number of hydrogen-bond acceptors (Lipinski definition) is 5. The Morgan fingerprint density at radius 3 is 2.70 bits per heavy atom. The molecule has 0 radical (unpaired) electrons. The summed E-state index contributed by atoms with van der Waals surface area (Å²) in [6.07, 6.45) is -1.30. The van der Waals surface area contributed by atoms with Crippen molar-refractivity contribution in [3.8, 4) is 5.75 Å². The van der Waals surface area contributed by atoms with Crippen molar-refractivity contribution in [2.45, 2.75) is 12.8 Å². The normalized spacial score (nSPS) is 11.7. The Hall–Kier alpha value is -3.79. The zero-order chi connectivity index (χ0) is 23.8. The van der Waals surface area contributed by atoms with Crippen LogP contribution in [0.2, 0.25) is 5.02 Å². The van der Waals surface area contributed by atoms with Crippen molar-refractivity contribution in [2.24, 2.45) is 10.9 Å². The summed E-state index contributed by atoms with van der Waals surface area (Å²) >= 11 is 5.56. The van der Waals surface area contributed by atoms with E-state index in [1.807, 2.05) is 6.07 Å². The minimum Gasteiger partial charge on any atom is -0.489 e. The summed E-state index contributed by atoms with van der Waals surface area (Å²) in [6.45, 7) is -0.256. The van der Waals surface area contributed by atoms with Crippen LogP contribution in [0.3, 0.4) is 0 Å². The number of benzene rings is 2. The fraction of sp³-hybridized carbons (Fsp3) is 0.136. The maximum atomic E-state index is 12.9. The number of halogens is 4. The second-order valence-electron chi connectivity index (χ2n) is 6.67. The average molecular weight is 479 g/mol. The van der Waals surface area contributed by atoms with Crippen LogP contribution in [-0.4, -0.2) is 23.3 Å². The standard InChI is InChI=1S/C22H18ClF3N4O3/c23-19-7-6-16(10-18(19)22(24,25)26)29-20(31)13-33-30-21(27)15-4-1-5-17(9-15)32-12-14-3-2-8-28-11-14/h1-11H,12-13H2,(H2,27,30)(H,29,31). The molecule has 0 spiro atoms. The first-order valence-corrected chi connectivity index (χ1v) is 9.84. The number of oxime groups is 1. The second kappa shape index (κ2) is 10.7. The molecule has 0 bridgehead atoms. The molecule has 0 aliphatic heterocycles. The van der Waals surface area contributed by atoms with Crippen LogP contribution in [0.15, 0.2) is 72.1 Å². The van der Waals surface area contributed by atoms with Gasteiger partial charge in [0, 0.05) is 29.2 Å². The predicted octanol–water partition coefficient (Wildman–Crippen LogP) is 4.61. The van der Waals surface area contributed by atoms with Crippen LogP contribution in [0.4, 0.5) is 18.9 Å². The first-order valence-electron chi connectivity index (χ1n) is 9.46. The molecule has 0 unspecified atom stereocenters. The number of nitrogens with two attached hydrogens (primary N) is 1. The summed E-state index contributed by atoms with van der Waals surface area (Å²) in [5.41, 5.74) is 6.12. The Bertz CT molecular complexity index is 1140. The van der Waals surface area contributed by atoms with Gasteiger partial charge >= 0.3 is 6.18 Å². The van der Waals surface area contributed by atoms with Crippen molar-refractivity contribution in [1.82, 2.24) is 4.98 Å². The number of nitrogens with zero attached hydrogens (tertiary/aromatic N) is 2. The summed E-state index contributed by atoms with van der Waals surface area (Å²) < 4.78 is 44.4. The number of amidine groups is 1. The highest BCUT2D eigenvalue weighted by molar-refractivity contribution is 6.31. The van der Waals surface area contributed by atoms with Gasteiger partial charge in [-0.05, 0) is 36.4 Å². The monoisotopic (exact) mass is 478 g/mol. The maximum Gasteiger partial charge on any atom is 0.417 e. The van der Waals surface area contributed by atoms with Crippen molar-refractivity contribution in [2.75, 3.05) is 11.9 Å². The van der Waals surface area contributed by atoms with Gasteiger partial charge in [0.15, 0.2) is 12.4 Å². The lowest BCUT2D eigenvalue weighted by Crippen LogP contribution is -2.20. The minimum atomic E-state index is -4.65. The fourth-order valence-electron chi connectivity index (χ4n) is 2.63. The van der Waals surface area contributed by atoms with Crippen molar-refractivity contribution < 1.29 is 27.5 Å². The van der Waals surface area contributed by atoms with Crippen LogP contribution in [0.25, 0.3) is 0 Å². The molecule has 11 heteroatoms. The Morgan fingerprint density at radius 1 is 1.15 bits per heavy atom.